The van der Waals surface area contributed by atoms with Crippen molar-refractivity contribution >= 4 is 21.9 Å². The Morgan fingerprint density at radius 1 is 0.442 bits per heavy atom. The number of benzene rings is 4. The number of hydrogen-bond acceptors (Lipinski definition) is 6. The quantitative estimate of drug-likeness (QED) is 0.212. The molecule has 4 aromatic heterocycles. The van der Waals surface area contributed by atoms with Crippen molar-refractivity contribution in [2.24, 2.45) is 0 Å². The van der Waals surface area contributed by atoms with Crippen LogP contribution < -0.4 is 0 Å². The van der Waals surface area contributed by atoms with Gasteiger partial charge >= 0.3 is 0 Å². The number of pyridine rings is 2. The number of rotatable bonds is 5. The maximum absolute atomic E-state index is 6.23. The van der Waals surface area contributed by atoms with Crippen LogP contribution in [-0.2, 0) is 0 Å². The smallest absolute Gasteiger partial charge is 0.164 e. The summed E-state index contributed by atoms with van der Waals surface area (Å²) < 4.78 is 6.23. The zero-order valence-corrected chi connectivity index (χ0v) is 22.9. The van der Waals surface area contributed by atoms with Gasteiger partial charge in [-0.1, -0.05) is 97.1 Å². The molecule has 0 saturated carbocycles. The summed E-state index contributed by atoms with van der Waals surface area (Å²) in [6.45, 7) is 0. The van der Waals surface area contributed by atoms with E-state index in [1.54, 1.807) is 6.20 Å². The van der Waals surface area contributed by atoms with Crippen LogP contribution in [0.5, 0.6) is 0 Å². The molecule has 0 N–H and O–H groups in total. The van der Waals surface area contributed by atoms with Crippen molar-refractivity contribution in [3.8, 4) is 56.5 Å². The Bertz CT molecular complexity index is 2190. The molecule has 4 heterocycles. The van der Waals surface area contributed by atoms with E-state index in [-0.39, 0.29) is 0 Å². The van der Waals surface area contributed by atoms with E-state index in [1.807, 2.05) is 103 Å². The molecule has 0 atom stereocenters. The molecule has 0 unspecified atom stereocenters. The summed E-state index contributed by atoms with van der Waals surface area (Å²) in [5.74, 6) is 1.89. The molecule has 4 aromatic carbocycles. The molecule has 0 amide bonds. The maximum atomic E-state index is 6.23. The van der Waals surface area contributed by atoms with E-state index in [9.17, 15) is 0 Å². The highest BCUT2D eigenvalue weighted by atomic mass is 16.3. The first-order valence-electron chi connectivity index (χ1n) is 14.0. The molecule has 6 heteroatoms. The van der Waals surface area contributed by atoms with Crippen LogP contribution in [-0.4, -0.2) is 24.9 Å². The highest BCUT2D eigenvalue weighted by Gasteiger charge is 2.15. The lowest BCUT2D eigenvalue weighted by molar-refractivity contribution is 0.668. The summed E-state index contributed by atoms with van der Waals surface area (Å²) in [6.07, 6.45) is 5.40. The van der Waals surface area contributed by atoms with Gasteiger partial charge in [0.25, 0.3) is 0 Å². The normalized spacial score (nSPS) is 11.3. The van der Waals surface area contributed by atoms with Gasteiger partial charge in [-0.2, -0.15) is 0 Å². The molecule has 202 valence electrons. The first-order chi connectivity index (χ1) is 21.3. The first-order valence-corrected chi connectivity index (χ1v) is 14.0. The lowest BCUT2D eigenvalue weighted by Crippen LogP contribution is -2.00. The topological polar surface area (TPSA) is 77.6 Å². The molecule has 0 bridgehead atoms. The Kier molecular flexibility index (Phi) is 6.01. The van der Waals surface area contributed by atoms with Crippen LogP contribution in [0.1, 0.15) is 0 Å². The van der Waals surface area contributed by atoms with Gasteiger partial charge in [-0.3, -0.25) is 9.97 Å². The minimum atomic E-state index is 0.619. The fraction of sp³-hybridized carbons (Fsp3) is 0. The summed E-state index contributed by atoms with van der Waals surface area (Å²) in [4.78, 5) is 23.6. The number of nitrogens with zero attached hydrogens (tertiary/aromatic N) is 5. The Hall–Kier alpha value is -6.01. The Labute approximate surface area is 247 Å². The van der Waals surface area contributed by atoms with Gasteiger partial charge in [0.05, 0.1) is 0 Å². The first kappa shape index (κ1) is 24.8. The number of fused-ring (bicyclic) bond motifs is 3. The zero-order valence-electron chi connectivity index (χ0n) is 22.9. The number of furan rings is 1. The van der Waals surface area contributed by atoms with Crippen LogP contribution in [0.3, 0.4) is 0 Å². The van der Waals surface area contributed by atoms with Crippen LogP contribution in [0.2, 0.25) is 0 Å². The van der Waals surface area contributed by atoms with E-state index in [2.05, 4.69) is 35.3 Å². The number of hydrogen-bond donors (Lipinski definition) is 0. The molecule has 43 heavy (non-hydrogen) atoms. The van der Waals surface area contributed by atoms with Crippen molar-refractivity contribution in [1.29, 1.82) is 0 Å². The average molecular weight is 554 g/mol. The van der Waals surface area contributed by atoms with Gasteiger partial charge in [0, 0.05) is 51.6 Å². The summed E-state index contributed by atoms with van der Waals surface area (Å²) >= 11 is 0. The van der Waals surface area contributed by atoms with Crippen molar-refractivity contribution in [2.75, 3.05) is 0 Å². The third-order valence-electron chi connectivity index (χ3n) is 7.48. The second-order valence-electron chi connectivity index (χ2n) is 10.2. The van der Waals surface area contributed by atoms with Crippen LogP contribution in [0.25, 0.3) is 78.5 Å². The van der Waals surface area contributed by atoms with Crippen molar-refractivity contribution in [3.63, 3.8) is 0 Å². The van der Waals surface area contributed by atoms with Gasteiger partial charge in [-0.25, -0.2) is 15.0 Å². The summed E-state index contributed by atoms with van der Waals surface area (Å²) in [5.41, 5.74) is 8.20. The van der Waals surface area contributed by atoms with E-state index >= 15 is 0 Å². The SMILES string of the molecule is c1ccc(-c2nc(-c3ccccc3)nc(-c3cccc(-c4cccc(-c5nccc6c5oc5ccncc56)c4)c3)n2)cc1. The second-order valence-corrected chi connectivity index (χ2v) is 10.2. The lowest BCUT2D eigenvalue weighted by Gasteiger charge is -2.10. The molecule has 0 fully saturated rings. The minimum absolute atomic E-state index is 0.619. The third-order valence-corrected chi connectivity index (χ3v) is 7.48. The predicted molar refractivity (Wildman–Crippen MR) is 170 cm³/mol. The minimum Gasteiger partial charge on any atom is -0.454 e. The lowest BCUT2D eigenvalue weighted by atomic mass is 9.99. The molecule has 0 radical (unpaired) electrons. The molecular formula is C37H23N5O. The van der Waals surface area contributed by atoms with Crippen molar-refractivity contribution in [3.05, 3.63) is 140 Å². The summed E-state index contributed by atoms with van der Waals surface area (Å²) in [6, 6.07) is 40.5. The van der Waals surface area contributed by atoms with Gasteiger partial charge in [0.2, 0.25) is 0 Å². The second kappa shape index (κ2) is 10.4. The van der Waals surface area contributed by atoms with Crippen molar-refractivity contribution < 1.29 is 4.42 Å². The van der Waals surface area contributed by atoms with E-state index in [0.29, 0.717) is 17.5 Å². The monoisotopic (exact) mass is 553 g/mol. The van der Waals surface area contributed by atoms with Crippen molar-refractivity contribution in [1.82, 2.24) is 24.9 Å². The molecule has 6 nitrogen and oxygen atoms in total. The van der Waals surface area contributed by atoms with E-state index in [1.165, 1.54) is 0 Å². The molecular weight excluding hydrogens is 530 g/mol. The molecule has 8 rings (SSSR count). The van der Waals surface area contributed by atoms with Gasteiger partial charge in [-0.05, 0) is 35.4 Å². The van der Waals surface area contributed by atoms with Crippen LogP contribution in [0.4, 0.5) is 0 Å². The van der Waals surface area contributed by atoms with Gasteiger partial charge in [0.1, 0.15) is 11.3 Å². The summed E-state index contributed by atoms with van der Waals surface area (Å²) in [7, 11) is 0. The van der Waals surface area contributed by atoms with Gasteiger partial charge < -0.3 is 4.42 Å². The molecule has 8 aromatic rings. The molecule has 0 aliphatic carbocycles. The standard InChI is InChI=1S/C37H23N5O/c1-3-9-24(10-4-1)35-40-36(25-11-5-2-6-12-25)42-37(41-35)29-16-8-14-27(22-29)26-13-7-15-28(21-26)33-34-30(17-20-39-33)31-23-38-19-18-32(31)43-34/h1-23H. The highest BCUT2D eigenvalue weighted by molar-refractivity contribution is 6.08. The average Bonchev–Trinajstić information content (AvgIpc) is 3.48. The number of aromatic nitrogens is 5. The highest BCUT2D eigenvalue weighted by Crippen LogP contribution is 2.36. The van der Waals surface area contributed by atoms with Crippen LogP contribution in [0, 0.1) is 0 Å². The molecule has 0 aliphatic heterocycles. The summed E-state index contributed by atoms with van der Waals surface area (Å²) in [5, 5.41) is 1.98. The largest absolute Gasteiger partial charge is 0.454 e. The Morgan fingerprint density at radius 3 is 1.67 bits per heavy atom. The van der Waals surface area contributed by atoms with Crippen LogP contribution in [0.15, 0.2) is 144 Å². The zero-order chi connectivity index (χ0) is 28.6. The fourth-order valence-corrected chi connectivity index (χ4v) is 5.37. The Balaban J connectivity index is 1.22. The fourth-order valence-electron chi connectivity index (χ4n) is 5.37. The maximum Gasteiger partial charge on any atom is 0.164 e. The van der Waals surface area contributed by atoms with E-state index < -0.39 is 0 Å². The van der Waals surface area contributed by atoms with E-state index in [4.69, 9.17) is 24.4 Å². The third kappa shape index (κ3) is 4.61. The van der Waals surface area contributed by atoms with Gasteiger partial charge in [0.15, 0.2) is 23.1 Å². The van der Waals surface area contributed by atoms with Crippen LogP contribution >= 0.6 is 0 Å². The molecule has 0 spiro atoms. The predicted octanol–water partition coefficient (Wildman–Crippen LogP) is 8.90. The molecule has 0 saturated heterocycles. The van der Waals surface area contributed by atoms with Crippen molar-refractivity contribution in [2.45, 2.75) is 0 Å². The Morgan fingerprint density at radius 2 is 1.00 bits per heavy atom. The molecule has 0 aliphatic rings. The van der Waals surface area contributed by atoms with Gasteiger partial charge in [-0.15, -0.1) is 0 Å². The van der Waals surface area contributed by atoms with E-state index in [0.717, 1.165) is 61.0 Å².